The van der Waals surface area contributed by atoms with Crippen molar-refractivity contribution in [3.05, 3.63) is 72.2 Å². The highest BCUT2D eigenvalue weighted by Gasteiger charge is 2.48. The summed E-state index contributed by atoms with van der Waals surface area (Å²) in [5, 5.41) is 0. The Kier molecular flexibility index (Phi) is 6.49. The summed E-state index contributed by atoms with van der Waals surface area (Å²) in [5.41, 5.74) is 7.40. The highest BCUT2D eigenvalue weighted by Crippen LogP contribution is 2.47. The van der Waals surface area contributed by atoms with E-state index in [1.165, 1.54) is 12.1 Å². The maximum atomic E-state index is 13.0. The molecule has 4 nitrogen and oxygen atoms in total. The van der Waals surface area contributed by atoms with E-state index in [1.807, 2.05) is 24.3 Å². The maximum absolute atomic E-state index is 13.0. The van der Waals surface area contributed by atoms with Gasteiger partial charge in [-0.1, -0.05) is 36.4 Å². The van der Waals surface area contributed by atoms with Crippen LogP contribution in [0, 0.1) is 5.92 Å². The molecule has 2 heterocycles. The number of likely N-dealkylation sites (tertiary alicyclic amines) is 1. The van der Waals surface area contributed by atoms with Crippen LogP contribution in [0.15, 0.2) is 61.1 Å². The van der Waals surface area contributed by atoms with Crippen LogP contribution >= 0.6 is 0 Å². The SMILES string of the molecule is CC(CCN)N1CCC(C2(c3ccccc3-c3ccc(C(F)(F)F)cc3)OC=CO2)CC1. The van der Waals surface area contributed by atoms with Crippen molar-refractivity contribution in [2.75, 3.05) is 19.6 Å². The molecule has 1 atom stereocenters. The summed E-state index contributed by atoms with van der Waals surface area (Å²) in [7, 11) is 0. The van der Waals surface area contributed by atoms with Crippen molar-refractivity contribution in [2.45, 2.75) is 44.2 Å². The molecule has 2 N–H and O–H groups in total. The largest absolute Gasteiger partial charge is 0.452 e. The van der Waals surface area contributed by atoms with Gasteiger partial charge >= 0.3 is 6.18 Å². The highest BCUT2D eigenvalue weighted by atomic mass is 19.4. The molecule has 0 bridgehead atoms. The summed E-state index contributed by atoms with van der Waals surface area (Å²) >= 11 is 0. The molecule has 2 aliphatic heterocycles. The van der Waals surface area contributed by atoms with Crippen molar-refractivity contribution in [1.82, 2.24) is 4.90 Å². The number of benzene rings is 2. The molecule has 0 amide bonds. The first kappa shape index (κ1) is 22.7. The normalized spacial score (nSPS) is 20.0. The van der Waals surface area contributed by atoms with Crippen molar-refractivity contribution < 1.29 is 22.6 Å². The third kappa shape index (κ3) is 4.36. The van der Waals surface area contributed by atoms with Crippen LogP contribution < -0.4 is 5.73 Å². The van der Waals surface area contributed by atoms with E-state index in [4.69, 9.17) is 15.2 Å². The molecule has 2 aliphatic rings. The maximum Gasteiger partial charge on any atom is 0.416 e. The number of halogens is 3. The number of hydrogen-bond acceptors (Lipinski definition) is 4. The highest BCUT2D eigenvalue weighted by molar-refractivity contribution is 5.69. The number of nitrogens with zero attached hydrogens (tertiary/aromatic N) is 1. The van der Waals surface area contributed by atoms with Crippen LogP contribution in [-0.4, -0.2) is 30.6 Å². The first-order valence-corrected chi connectivity index (χ1v) is 11.1. The van der Waals surface area contributed by atoms with Gasteiger partial charge in [-0.05, 0) is 69.1 Å². The zero-order valence-electron chi connectivity index (χ0n) is 18.1. The lowest BCUT2D eigenvalue weighted by Crippen LogP contribution is -2.47. The van der Waals surface area contributed by atoms with Crippen LogP contribution in [0.2, 0.25) is 0 Å². The second-order valence-electron chi connectivity index (χ2n) is 8.53. The lowest BCUT2D eigenvalue weighted by molar-refractivity contribution is -0.201. The fourth-order valence-corrected chi connectivity index (χ4v) is 4.85. The Morgan fingerprint density at radius 2 is 1.66 bits per heavy atom. The molecular formula is C25H29F3N2O2. The van der Waals surface area contributed by atoms with Gasteiger partial charge in [-0.3, -0.25) is 0 Å². The third-order valence-corrected chi connectivity index (χ3v) is 6.64. The predicted molar refractivity (Wildman–Crippen MR) is 117 cm³/mol. The summed E-state index contributed by atoms with van der Waals surface area (Å²) < 4.78 is 51.3. The van der Waals surface area contributed by atoms with Crippen LogP contribution in [0.5, 0.6) is 0 Å². The minimum atomic E-state index is -4.37. The van der Waals surface area contributed by atoms with Crippen molar-refractivity contribution in [3.63, 3.8) is 0 Å². The van der Waals surface area contributed by atoms with Crippen LogP contribution in [0.4, 0.5) is 13.2 Å². The average molecular weight is 447 g/mol. The summed E-state index contributed by atoms with van der Waals surface area (Å²) in [4.78, 5) is 2.45. The molecule has 0 aliphatic carbocycles. The zero-order chi connectivity index (χ0) is 22.8. The van der Waals surface area contributed by atoms with Crippen LogP contribution in [0.1, 0.15) is 37.3 Å². The van der Waals surface area contributed by atoms with E-state index in [0.717, 1.165) is 55.6 Å². The van der Waals surface area contributed by atoms with Gasteiger partial charge in [0.2, 0.25) is 0 Å². The minimum Gasteiger partial charge on any atom is -0.452 e. The van der Waals surface area contributed by atoms with E-state index in [-0.39, 0.29) is 5.92 Å². The van der Waals surface area contributed by atoms with Gasteiger partial charge in [-0.2, -0.15) is 13.2 Å². The zero-order valence-corrected chi connectivity index (χ0v) is 18.1. The van der Waals surface area contributed by atoms with Gasteiger partial charge in [0.25, 0.3) is 5.79 Å². The number of alkyl halides is 3. The molecule has 1 saturated heterocycles. The molecule has 0 aromatic heterocycles. The number of hydrogen-bond donors (Lipinski definition) is 1. The second-order valence-corrected chi connectivity index (χ2v) is 8.53. The molecule has 0 spiro atoms. The van der Waals surface area contributed by atoms with Crippen molar-refractivity contribution in [2.24, 2.45) is 11.7 Å². The Morgan fingerprint density at radius 3 is 2.25 bits per heavy atom. The smallest absolute Gasteiger partial charge is 0.416 e. The molecule has 172 valence electrons. The summed E-state index contributed by atoms with van der Waals surface area (Å²) in [6.07, 6.45) is 1.49. The molecule has 32 heavy (non-hydrogen) atoms. The molecule has 1 fully saturated rings. The van der Waals surface area contributed by atoms with Gasteiger partial charge in [-0.15, -0.1) is 0 Å². The summed E-state index contributed by atoms with van der Waals surface area (Å²) in [6, 6.07) is 13.3. The van der Waals surface area contributed by atoms with Crippen LogP contribution in [0.3, 0.4) is 0 Å². The predicted octanol–water partition coefficient (Wildman–Crippen LogP) is 5.49. The fraction of sp³-hybridized carbons (Fsp3) is 0.440. The molecule has 4 rings (SSSR count). The Morgan fingerprint density at radius 1 is 1.03 bits per heavy atom. The van der Waals surface area contributed by atoms with Gasteiger partial charge < -0.3 is 20.1 Å². The van der Waals surface area contributed by atoms with Gasteiger partial charge in [0, 0.05) is 17.5 Å². The number of ether oxygens (including phenoxy) is 2. The van der Waals surface area contributed by atoms with E-state index in [9.17, 15) is 13.2 Å². The quantitative estimate of drug-likeness (QED) is 0.637. The number of piperidine rings is 1. The first-order chi connectivity index (χ1) is 15.3. The van der Waals surface area contributed by atoms with Gasteiger partial charge in [0.05, 0.1) is 5.56 Å². The van der Waals surface area contributed by atoms with Crippen molar-refractivity contribution in [3.8, 4) is 11.1 Å². The van der Waals surface area contributed by atoms with Crippen LogP contribution in [-0.2, 0) is 21.4 Å². The van der Waals surface area contributed by atoms with Gasteiger partial charge in [0.1, 0.15) is 12.5 Å². The Labute approximate surface area is 186 Å². The third-order valence-electron chi connectivity index (χ3n) is 6.64. The van der Waals surface area contributed by atoms with E-state index in [1.54, 1.807) is 12.5 Å². The molecule has 0 saturated carbocycles. The fourth-order valence-electron chi connectivity index (χ4n) is 4.85. The lowest BCUT2D eigenvalue weighted by atomic mass is 9.80. The summed E-state index contributed by atoms with van der Waals surface area (Å²) in [6.45, 7) is 4.71. The number of rotatable bonds is 6. The molecule has 1 unspecified atom stereocenters. The molecule has 2 aromatic carbocycles. The average Bonchev–Trinajstić information content (AvgIpc) is 3.30. The Bertz CT molecular complexity index is 927. The van der Waals surface area contributed by atoms with E-state index >= 15 is 0 Å². The van der Waals surface area contributed by atoms with Crippen LogP contribution in [0.25, 0.3) is 11.1 Å². The standard InChI is InChI=1S/C25H29F3N2O2/c1-18(10-13-29)30-14-11-20(12-15-30)24(31-16-17-32-24)23-5-3-2-4-22(23)19-6-8-21(9-7-19)25(26,27)28/h2-9,16-18,20H,10-15,29H2,1H3. The second kappa shape index (κ2) is 9.16. The Balaban J connectivity index is 1.63. The van der Waals surface area contributed by atoms with Gasteiger partial charge in [-0.25, -0.2) is 0 Å². The first-order valence-electron chi connectivity index (χ1n) is 11.1. The van der Waals surface area contributed by atoms with E-state index in [2.05, 4.69) is 11.8 Å². The molecule has 2 aromatic rings. The van der Waals surface area contributed by atoms with E-state index in [0.29, 0.717) is 18.2 Å². The topological polar surface area (TPSA) is 47.7 Å². The van der Waals surface area contributed by atoms with Crippen molar-refractivity contribution >= 4 is 0 Å². The van der Waals surface area contributed by atoms with Gasteiger partial charge in [0.15, 0.2) is 0 Å². The molecule has 0 radical (unpaired) electrons. The minimum absolute atomic E-state index is 0.106. The lowest BCUT2D eigenvalue weighted by Gasteiger charge is -2.43. The van der Waals surface area contributed by atoms with E-state index < -0.39 is 17.5 Å². The molecular weight excluding hydrogens is 417 g/mol. The monoisotopic (exact) mass is 446 g/mol. The molecule has 7 heteroatoms. The Hall–Kier alpha value is -2.51. The van der Waals surface area contributed by atoms with Crippen molar-refractivity contribution in [1.29, 1.82) is 0 Å². The summed E-state index contributed by atoms with van der Waals surface area (Å²) in [5.74, 6) is -0.878. The number of nitrogens with two attached hydrogens (primary N) is 1.